The van der Waals surface area contributed by atoms with Crippen LogP contribution in [0.15, 0.2) is 39.3 Å². The van der Waals surface area contributed by atoms with Crippen molar-refractivity contribution in [3.63, 3.8) is 0 Å². The second kappa shape index (κ2) is 7.41. The van der Waals surface area contributed by atoms with Crippen LogP contribution in [0.25, 0.3) is 0 Å². The number of nitrogens with zero attached hydrogens (tertiary/aromatic N) is 1. The Labute approximate surface area is 140 Å². The smallest absolute Gasteiger partial charge is 0.219 e. The minimum absolute atomic E-state index is 0.519. The molecule has 0 fully saturated rings. The Hall–Kier alpha value is -0.620. The standard InChI is InChI=1S/C14H13Br2ClN2O/c1-2-18-8-12-11(17)4-6-14(19-12)20-13-5-3-9(15)7-10(13)16/h3-7,18H,2,8H2,1H3. The van der Waals surface area contributed by atoms with E-state index >= 15 is 0 Å². The van der Waals surface area contributed by atoms with Gasteiger partial charge in [0, 0.05) is 17.1 Å². The molecule has 20 heavy (non-hydrogen) atoms. The van der Waals surface area contributed by atoms with Crippen molar-refractivity contribution in [2.45, 2.75) is 13.5 Å². The fourth-order valence-electron chi connectivity index (χ4n) is 1.56. The first-order chi connectivity index (χ1) is 9.60. The molecule has 2 rings (SSSR count). The summed E-state index contributed by atoms with van der Waals surface area (Å²) < 4.78 is 7.61. The van der Waals surface area contributed by atoms with Crippen molar-refractivity contribution in [1.82, 2.24) is 10.3 Å². The van der Waals surface area contributed by atoms with Crippen LogP contribution >= 0.6 is 43.5 Å². The number of aromatic nitrogens is 1. The molecule has 2 aromatic rings. The molecule has 0 saturated heterocycles. The van der Waals surface area contributed by atoms with Crippen molar-refractivity contribution >= 4 is 43.5 Å². The molecular weight excluding hydrogens is 407 g/mol. The zero-order chi connectivity index (χ0) is 14.5. The highest BCUT2D eigenvalue weighted by atomic mass is 79.9. The lowest BCUT2D eigenvalue weighted by Gasteiger charge is -2.10. The SMILES string of the molecule is CCNCc1nc(Oc2ccc(Br)cc2Br)ccc1Cl. The van der Waals surface area contributed by atoms with Crippen molar-refractivity contribution in [2.24, 2.45) is 0 Å². The molecule has 1 aromatic heterocycles. The van der Waals surface area contributed by atoms with Gasteiger partial charge in [-0.25, -0.2) is 4.98 Å². The van der Waals surface area contributed by atoms with Crippen LogP contribution < -0.4 is 10.1 Å². The largest absolute Gasteiger partial charge is 0.438 e. The molecule has 1 N–H and O–H groups in total. The number of benzene rings is 1. The maximum atomic E-state index is 6.11. The zero-order valence-corrected chi connectivity index (χ0v) is 14.7. The fraction of sp³-hybridized carbons (Fsp3) is 0.214. The van der Waals surface area contributed by atoms with E-state index in [0.717, 1.165) is 21.2 Å². The fourth-order valence-corrected chi connectivity index (χ4v) is 2.86. The summed E-state index contributed by atoms with van der Waals surface area (Å²) in [6, 6.07) is 9.25. The van der Waals surface area contributed by atoms with Crippen molar-refractivity contribution in [2.75, 3.05) is 6.54 Å². The van der Waals surface area contributed by atoms with Gasteiger partial charge in [0.1, 0.15) is 5.75 Å². The second-order valence-corrected chi connectivity index (χ2v) is 6.21. The molecular formula is C14H13Br2ClN2O. The quantitative estimate of drug-likeness (QED) is 0.725. The van der Waals surface area contributed by atoms with Crippen molar-refractivity contribution < 1.29 is 4.74 Å². The summed E-state index contributed by atoms with van der Waals surface area (Å²) in [5, 5.41) is 3.83. The van der Waals surface area contributed by atoms with Gasteiger partial charge in [0.15, 0.2) is 0 Å². The predicted molar refractivity (Wildman–Crippen MR) is 88.5 cm³/mol. The Balaban J connectivity index is 2.20. The lowest BCUT2D eigenvalue weighted by atomic mass is 10.3. The van der Waals surface area contributed by atoms with Crippen LogP contribution in [0.1, 0.15) is 12.6 Å². The summed E-state index contributed by atoms with van der Waals surface area (Å²) in [6.07, 6.45) is 0. The van der Waals surface area contributed by atoms with E-state index in [9.17, 15) is 0 Å². The number of halogens is 3. The molecule has 0 aliphatic rings. The van der Waals surface area contributed by atoms with E-state index in [1.165, 1.54) is 0 Å². The second-order valence-electron chi connectivity index (χ2n) is 4.04. The zero-order valence-electron chi connectivity index (χ0n) is 10.8. The molecule has 0 aliphatic carbocycles. The monoisotopic (exact) mass is 418 g/mol. The molecule has 1 heterocycles. The Morgan fingerprint density at radius 1 is 1.25 bits per heavy atom. The number of hydrogen-bond acceptors (Lipinski definition) is 3. The summed E-state index contributed by atoms with van der Waals surface area (Å²) in [7, 11) is 0. The van der Waals surface area contributed by atoms with Gasteiger partial charge in [0.25, 0.3) is 0 Å². The van der Waals surface area contributed by atoms with E-state index in [2.05, 4.69) is 42.2 Å². The van der Waals surface area contributed by atoms with Gasteiger partial charge in [0.2, 0.25) is 5.88 Å². The van der Waals surface area contributed by atoms with Gasteiger partial charge >= 0.3 is 0 Å². The molecule has 0 radical (unpaired) electrons. The van der Waals surface area contributed by atoms with Crippen molar-refractivity contribution in [3.05, 3.63) is 50.0 Å². The van der Waals surface area contributed by atoms with E-state index in [0.29, 0.717) is 23.2 Å². The summed E-state index contributed by atoms with van der Waals surface area (Å²) in [6.45, 7) is 3.52. The molecule has 0 bridgehead atoms. The van der Waals surface area contributed by atoms with Gasteiger partial charge in [-0.05, 0) is 46.7 Å². The highest BCUT2D eigenvalue weighted by Crippen LogP contribution is 2.32. The molecule has 0 unspecified atom stereocenters. The molecule has 0 atom stereocenters. The van der Waals surface area contributed by atoms with E-state index in [4.69, 9.17) is 16.3 Å². The van der Waals surface area contributed by atoms with E-state index in [-0.39, 0.29) is 0 Å². The summed E-state index contributed by atoms with van der Waals surface area (Å²) in [5.41, 5.74) is 0.777. The highest BCUT2D eigenvalue weighted by molar-refractivity contribution is 9.11. The Kier molecular flexibility index (Phi) is 5.84. The highest BCUT2D eigenvalue weighted by Gasteiger charge is 2.08. The van der Waals surface area contributed by atoms with Gasteiger partial charge in [-0.3, -0.25) is 0 Å². The first-order valence-corrected chi connectivity index (χ1v) is 8.05. The van der Waals surface area contributed by atoms with E-state index in [1.807, 2.05) is 25.1 Å². The third-order valence-corrected chi connectivity index (χ3v) is 4.00. The molecule has 0 spiro atoms. The average Bonchev–Trinajstić information content (AvgIpc) is 2.42. The molecule has 0 saturated carbocycles. The van der Waals surface area contributed by atoms with E-state index < -0.39 is 0 Å². The normalized spacial score (nSPS) is 10.6. The van der Waals surface area contributed by atoms with Crippen molar-refractivity contribution in [3.8, 4) is 11.6 Å². The Morgan fingerprint density at radius 3 is 2.75 bits per heavy atom. The molecule has 0 amide bonds. The number of rotatable bonds is 5. The van der Waals surface area contributed by atoms with Gasteiger partial charge in [-0.1, -0.05) is 34.5 Å². The number of ether oxygens (including phenoxy) is 1. The molecule has 6 heteroatoms. The van der Waals surface area contributed by atoms with Gasteiger partial charge in [-0.15, -0.1) is 0 Å². The summed E-state index contributed by atoms with van der Waals surface area (Å²) >= 11 is 13.0. The van der Waals surface area contributed by atoms with E-state index in [1.54, 1.807) is 12.1 Å². The maximum absolute atomic E-state index is 6.11. The first-order valence-electron chi connectivity index (χ1n) is 6.09. The molecule has 1 aromatic carbocycles. The topological polar surface area (TPSA) is 34.2 Å². The Morgan fingerprint density at radius 2 is 2.05 bits per heavy atom. The van der Waals surface area contributed by atoms with Crippen LogP contribution in [-0.4, -0.2) is 11.5 Å². The molecule has 3 nitrogen and oxygen atoms in total. The molecule has 0 aliphatic heterocycles. The molecule has 106 valence electrons. The van der Waals surface area contributed by atoms with Gasteiger partial charge in [0.05, 0.1) is 15.2 Å². The average molecular weight is 421 g/mol. The third kappa shape index (κ3) is 4.19. The van der Waals surface area contributed by atoms with Crippen LogP contribution in [0.3, 0.4) is 0 Å². The number of nitrogens with one attached hydrogen (secondary N) is 1. The lowest BCUT2D eigenvalue weighted by molar-refractivity contribution is 0.457. The van der Waals surface area contributed by atoms with Crippen LogP contribution in [0.2, 0.25) is 5.02 Å². The van der Waals surface area contributed by atoms with Gasteiger partial charge < -0.3 is 10.1 Å². The minimum Gasteiger partial charge on any atom is -0.438 e. The third-order valence-electron chi connectivity index (χ3n) is 2.54. The number of hydrogen-bond donors (Lipinski definition) is 1. The van der Waals surface area contributed by atoms with Crippen LogP contribution in [0.4, 0.5) is 0 Å². The summed E-state index contributed by atoms with van der Waals surface area (Å²) in [4.78, 5) is 4.42. The van der Waals surface area contributed by atoms with Crippen molar-refractivity contribution in [1.29, 1.82) is 0 Å². The predicted octanol–water partition coefficient (Wildman–Crippen LogP) is 5.16. The van der Waals surface area contributed by atoms with Crippen LogP contribution in [0.5, 0.6) is 11.6 Å². The van der Waals surface area contributed by atoms with Crippen LogP contribution in [0, 0.1) is 0 Å². The van der Waals surface area contributed by atoms with Crippen LogP contribution in [-0.2, 0) is 6.54 Å². The Bertz CT molecular complexity index is 608. The first kappa shape index (κ1) is 15.8. The number of pyridine rings is 1. The maximum Gasteiger partial charge on any atom is 0.219 e. The minimum atomic E-state index is 0.519. The lowest BCUT2D eigenvalue weighted by Crippen LogP contribution is -2.13. The summed E-state index contributed by atoms with van der Waals surface area (Å²) in [5.74, 6) is 1.22. The van der Waals surface area contributed by atoms with Gasteiger partial charge in [-0.2, -0.15) is 0 Å².